The van der Waals surface area contributed by atoms with E-state index in [1.165, 1.54) is 0 Å². The normalized spacial score (nSPS) is 17.8. The van der Waals surface area contributed by atoms with Crippen LogP contribution in [0.2, 0.25) is 0 Å². The summed E-state index contributed by atoms with van der Waals surface area (Å²) in [6, 6.07) is 7.97. The average Bonchev–Trinajstić information content (AvgIpc) is 2.43. The molecule has 3 heteroatoms. The highest BCUT2D eigenvalue weighted by molar-refractivity contribution is 5.79. The molecule has 1 unspecified atom stereocenters. The van der Waals surface area contributed by atoms with Crippen molar-refractivity contribution in [3.05, 3.63) is 29.8 Å². The molecule has 1 aliphatic heterocycles. The maximum absolute atomic E-state index is 12.3. The summed E-state index contributed by atoms with van der Waals surface area (Å²) in [5, 5.41) is 0. The molecule has 98 valence electrons. The Morgan fingerprint density at radius 3 is 3.00 bits per heavy atom. The molecule has 1 amide bonds. The highest BCUT2D eigenvalue weighted by atomic mass is 16.5. The van der Waals surface area contributed by atoms with Gasteiger partial charge in [0.05, 0.1) is 5.92 Å². The van der Waals surface area contributed by atoms with Crippen LogP contribution >= 0.6 is 0 Å². The van der Waals surface area contributed by atoms with Gasteiger partial charge in [-0.25, -0.2) is 0 Å². The number of hydrogen-bond donors (Lipinski definition) is 0. The van der Waals surface area contributed by atoms with Crippen LogP contribution in [0.4, 0.5) is 0 Å². The Kier molecular flexibility index (Phi) is 4.24. The van der Waals surface area contributed by atoms with Crippen molar-refractivity contribution in [3.8, 4) is 5.75 Å². The fraction of sp³-hybridized carbons (Fsp3) is 0.533. The van der Waals surface area contributed by atoms with Crippen molar-refractivity contribution >= 4 is 5.91 Å². The highest BCUT2D eigenvalue weighted by Crippen LogP contribution is 2.27. The Morgan fingerprint density at radius 2 is 2.22 bits per heavy atom. The molecule has 0 aromatic heterocycles. The van der Waals surface area contributed by atoms with Crippen LogP contribution in [0.25, 0.3) is 0 Å². The molecule has 0 fully saturated rings. The quantitative estimate of drug-likeness (QED) is 0.818. The number of nitrogens with zero attached hydrogens (tertiary/aromatic N) is 1. The Morgan fingerprint density at radius 1 is 1.44 bits per heavy atom. The van der Waals surface area contributed by atoms with Crippen LogP contribution in [-0.2, 0) is 11.2 Å². The van der Waals surface area contributed by atoms with Crippen molar-refractivity contribution in [2.24, 2.45) is 5.92 Å². The first-order chi connectivity index (χ1) is 8.72. The van der Waals surface area contributed by atoms with Crippen LogP contribution < -0.4 is 4.74 Å². The minimum Gasteiger partial charge on any atom is -0.492 e. The second kappa shape index (κ2) is 5.89. The lowest BCUT2D eigenvalue weighted by molar-refractivity contribution is -0.135. The fourth-order valence-electron chi connectivity index (χ4n) is 2.30. The van der Waals surface area contributed by atoms with Crippen molar-refractivity contribution < 1.29 is 9.53 Å². The molecule has 3 nitrogen and oxygen atoms in total. The maximum Gasteiger partial charge on any atom is 0.229 e. The number of para-hydroxylation sites is 1. The third kappa shape index (κ3) is 2.84. The zero-order valence-corrected chi connectivity index (χ0v) is 11.2. The van der Waals surface area contributed by atoms with Gasteiger partial charge in [-0.15, -0.1) is 0 Å². The van der Waals surface area contributed by atoms with Gasteiger partial charge >= 0.3 is 0 Å². The molecule has 0 aliphatic carbocycles. The van der Waals surface area contributed by atoms with Gasteiger partial charge in [-0.2, -0.15) is 0 Å². The largest absolute Gasteiger partial charge is 0.492 e. The monoisotopic (exact) mass is 247 g/mol. The molecule has 1 atom stereocenters. The van der Waals surface area contributed by atoms with Crippen LogP contribution in [0, 0.1) is 5.92 Å². The minimum absolute atomic E-state index is 0.0262. The number of rotatable bonds is 4. The number of unbranched alkanes of at least 4 members (excludes halogenated alkanes) is 1. The fourth-order valence-corrected chi connectivity index (χ4v) is 2.30. The van der Waals surface area contributed by atoms with Crippen molar-refractivity contribution in [1.82, 2.24) is 4.90 Å². The topological polar surface area (TPSA) is 29.5 Å². The molecule has 1 heterocycles. The lowest BCUT2D eigenvalue weighted by atomic mass is 9.95. The molecule has 0 saturated carbocycles. The first-order valence-corrected chi connectivity index (χ1v) is 6.68. The summed E-state index contributed by atoms with van der Waals surface area (Å²) in [5.41, 5.74) is 1.14. The zero-order chi connectivity index (χ0) is 13.0. The maximum atomic E-state index is 12.3. The van der Waals surface area contributed by atoms with Gasteiger partial charge < -0.3 is 9.64 Å². The van der Waals surface area contributed by atoms with Crippen LogP contribution in [0.5, 0.6) is 5.75 Å². The Bertz CT molecular complexity index is 417. The predicted octanol–water partition coefficient (Wildman–Crippen LogP) is 2.50. The van der Waals surface area contributed by atoms with Gasteiger partial charge in [0, 0.05) is 13.6 Å². The standard InChI is InChI=1S/C15H21NO2/c1-3-4-9-16(2)15(17)13-10-12-7-5-6-8-14(12)18-11-13/h5-8,13H,3-4,9-11H2,1-2H3. The first kappa shape index (κ1) is 12.9. The van der Waals surface area contributed by atoms with Gasteiger partial charge in [-0.05, 0) is 24.5 Å². The number of amides is 1. The summed E-state index contributed by atoms with van der Waals surface area (Å²) in [5.74, 6) is 1.11. The molecule has 2 rings (SSSR count). The molecule has 0 saturated heterocycles. The van der Waals surface area contributed by atoms with Gasteiger partial charge in [-0.1, -0.05) is 31.5 Å². The number of carbonyl (C=O) groups excluding carboxylic acids is 1. The van der Waals surface area contributed by atoms with Gasteiger partial charge in [0.2, 0.25) is 5.91 Å². The number of hydrogen-bond acceptors (Lipinski definition) is 2. The van der Waals surface area contributed by atoms with Crippen LogP contribution in [0.3, 0.4) is 0 Å². The SMILES string of the molecule is CCCCN(C)C(=O)C1COc2ccccc2C1. The third-order valence-corrected chi connectivity index (χ3v) is 3.45. The van der Waals surface area contributed by atoms with Crippen molar-refractivity contribution in [2.45, 2.75) is 26.2 Å². The molecule has 18 heavy (non-hydrogen) atoms. The summed E-state index contributed by atoms with van der Waals surface area (Å²) in [4.78, 5) is 14.1. The molecular formula is C15H21NO2. The Balaban J connectivity index is 1.98. The molecule has 0 radical (unpaired) electrons. The molecule has 0 N–H and O–H groups in total. The van der Waals surface area contributed by atoms with Crippen molar-refractivity contribution in [3.63, 3.8) is 0 Å². The average molecular weight is 247 g/mol. The van der Waals surface area contributed by atoms with Crippen LogP contribution in [-0.4, -0.2) is 31.0 Å². The summed E-state index contributed by atoms with van der Waals surface area (Å²) in [7, 11) is 1.89. The van der Waals surface area contributed by atoms with E-state index in [-0.39, 0.29) is 11.8 Å². The third-order valence-electron chi connectivity index (χ3n) is 3.45. The number of benzene rings is 1. The lowest BCUT2D eigenvalue weighted by Gasteiger charge is -2.28. The predicted molar refractivity (Wildman–Crippen MR) is 71.7 cm³/mol. The van der Waals surface area contributed by atoms with E-state index in [0.717, 1.165) is 37.1 Å². The van der Waals surface area contributed by atoms with E-state index in [9.17, 15) is 4.79 Å². The number of carbonyl (C=O) groups is 1. The van der Waals surface area contributed by atoms with E-state index in [4.69, 9.17) is 4.74 Å². The second-order valence-electron chi connectivity index (χ2n) is 4.93. The Hall–Kier alpha value is -1.51. The van der Waals surface area contributed by atoms with E-state index in [0.29, 0.717) is 6.61 Å². The van der Waals surface area contributed by atoms with Gasteiger partial charge in [-0.3, -0.25) is 4.79 Å². The molecule has 1 aliphatic rings. The number of ether oxygens (including phenoxy) is 1. The van der Waals surface area contributed by atoms with E-state index >= 15 is 0 Å². The van der Waals surface area contributed by atoms with E-state index in [1.54, 1.807) is 0 Å². The highest BCUT2D eigenvalue weighted by Gasteiger charge is 2.27. The van der Waals surface area contributed by atoms with Gasteiger partial charge in [0.1, 0.15) is 12.4 Å². The lowest BCUT2D eigenvalue weighted by Crippen LogP contribution is -2.39. The van der Waals surface area contributed by atoms with Crippen LogP contribution in [0.1, 0.15) is 25.3 Å². The zero-order valence-electron chi connectivity index (χ0n) is 11.2. The van der Waals surface area contributed by atoms with E-state index in [2.05, 4.69) is 6.92 Å². The molecular weight excluding hydrogens is 226 g/mol. The van der Waals surface area contributed by atoms with Crippen molar-refractivity contribution in [1.29, 1.82) is 0 Å². The molecule has 1 aromatic rings. The van der Waals surface area contributed by atoms with Gasteiger partial charge in [0.25, 0.3) is 0 Å². The molecule has 1 aromatic carbocycles. The molecule has 0 spiro atoms. The minimum atomic E-state index is -0.0262. The van der Waals surface area contributed by atoms with Crippen molar-refractivity contribution in [2.75, 3.05) is 20.2 Å². The number of fused-ring (bicyclic) bond motifs is 1. The summed E-state index contributed by atoms with van der Waals surface area (Å²) in [6.07, 6.45) is 2.97. The first-order valence-electron chi connectivity index (χ1n) is 6.68. The van der Waals surface area contributed by atoms with Crippen LogP contribution in [0.15, 0.2) is 24.3 Å². The Labute approximate surface area is 109 Å². The molecule has 0 bridgehead atoms. The summed E-state index contributed by atoms with van der Waals surface area (Å²) in [6.45, 7) is 3.48. The van der Waals surface area contributed by atoms with Gasteiger partial charge in [0.15, 0.2) is 0 Å². The smallest absolute Gasteiger partial charge is 0.229 e. The summed E-state index contributed by atoms with van der Waals surface area (Å²) < 4.78 is 5.66. The summed E-state index contributed by atoms with van der Waals surface area (Å²) >= 11 is 0. The van der Waals surface area contributed by atoms with E-state index < -0.39 is 0 Å². The second-order valence-corrected chi connectivity index (χ2v) is 4.93. The van der Waals surface area contributed by atoms with E-state index in [1.807, 2.05) is 36.2 Å².